The number of benzene rings is 1. The lowest BCUT2D eigenvalue weighted by molar-refractivity contribution is 0.400. The fraction of sp³-hybridized carbons (Fsp3) is 0.0769. The van der Waals surface area contributed by atoms with E-state index in [0.717, 1.165) is 16.9 Å². The average molecular weight is 240 g/mol. The average Bonchev–Trinajstić information content (AvgIpc) is 2.83. The zero-order valence-electron chi connectivity index (χ0n) is 9.87. The third-order valence-electron chi connectivity index (χ3n) is 2.80. The number of hydrogen-bond acceptors (Lipinski definition) is 4. The van der Waals surface area contributed by atoms with Gasteiger partial charge in [0, 0.05) is 23.6 Å². The van der Waals surface area contributed by atoms with Gasteiger partial charge >= 0.3 is 0 Å². The van der Waals surface area contributed by atoms with Gasteiger partial charge in [0.25, 0.3) is 5.88 Å². The number of nitrogen functional groups attached to an aromatic ring is 1. The molecule has 0 aliphatic carbocycles. The Morgan fingerprint density at radius 2 is 1.94 bits per heavy atom. The van der Waals surface area contributed by atoms with Crippen molar-refractivity contribution in [2.45, 2.75) is 0 Å². The molecular formula is C13H12N4O. The molecule has 0 amide bonds. The Labute approximate surface area is 104 Å². The largest absolute Gasteiger partial charge is 0.478 e. The second-order valence-electron chi connectivity index (χ2n) is 3.90. The summed E-state index contributed by atoms with van der Waals surface area (Å²) in [7, 11) is 1.58. The summed E-state index contributed by atoms with van der Waals surface area (Å²) in [6.07, 6.45) is 5.34. The lowest BCUT2D eigenvalue weighted by atomic mass is 10.1. The second kappa shape index (κ2) is 4.03. The first-order valence-electron chi connectivity index (χ1n) is 5.51. The minimum Gasteiger partial charge on any atom is -0.478 e. The second-order valence-corrected chi connectivity index (χ2v) is 3.90. The smallest absolute Gasteiger partial charge is 0.258 e. The first-order chi connectivity index (χ1) is 8.79. The van der Waals surface area contributed by atoms with Crippen molar-refractivity contribution in [3.63, 3.8) is 0 Å². The number of ether oxygens (including phenoxy) is 1. The highest BCUT2D eigenvalue weighted by Gasteiger charge is 2.09. The van der Waals surface area contributed by atoms with Crippen LogP contribution in [-0.4, -0.2) is 21.5 Å². The molecule has 0 spiro atoms. The summed E-state index contributed by atoms with van der Waals surface area (Å²) in [4.78, 5) is 8.45. The van der Waals surface area contributed by atoms with E-state index in [1.807, 2.05) is 34.9 Å². The molecule has 0 bridgehead atoms. The molecular weight excluding hydrogens is 228 g/mol. The predicted molar refractivity (Wildman–Crippen MR) is 69.4 cm³/mol. The summed E-state index contributed by atoms with van der Waals surface area (Å²) in [5, 5.41) is 0. The number of fused-ring (bicyclic) bond motifs is 1. The predicted octanol–water partition coefficient (Wildman–Crippen LogP) is 1.99. The Kier molecular flexibility index (Phi) is 2.37. The van der Waals surface area contributed by atoms with Crippen LogP contribution >= 0.6 is 0 Å². The van der Waals surface area contributed by atoms with Crippen molar-refractivity contribution >= 4 is 11.3 Å². The van der Waals surface area contributed by atoms with Gasteiger partial charge in [-0.2, -0.15) is 0 Å². The molecule has 2 heterocycles. The lowest BCUT2D eigenvalue weighted by Gasteiger charge is -2.04. The number of rotatable bonds is 2. The highest BCUT2D eigenvalue weighted by atomic mass is 16.5. The van der Waals surface area contributed by atoms with Crippen LogP contribution in [0.15, 0.2) is 42.9 Å². The van der Waals surface area contributed by atoms with Crippen LogP contribution in [0.1, 0.15) is 0 Å². The van der Waals surface area contributed by atoms with Gasteiger partial charge in [-0.25, -0.2) is 9.97 Å². The number of nitrogens with two attached hydrogens (primary N) is 1. The van der Waals surface area contributed by atoms with Crippen molar-refractivity contribution in [2.75, 3.05) is 12.8 Å². The van der Waals surface area contributed by atoms with E-state index in [-0.39, 0.29) is 0 Å². The van der Waals surface area contributed by atoms with Gasteiger partial charge < -0.3 is 10.5 Å². The fourth-order valence-corrected chi connectivity index (χ4v) is 1.91. The van der Waals surface area contributed by atoms with Gasteiger partial charge in [-0.1, -0.05) is 12.1 Å². The summed E-state index contributed by atoms with van der Waals surface area (Å²) in [5.74, 6) is 0.513. The molecule has 2 aromatic heterocycles. The first kappa shape index (κ1) is 10.6. The van der Waals surface area contributed by atoms with E-state index in [1.54, 1.807) is 19.5 Å². The van der Waals surface area contributed by atoms with Crippen LogP contribution in [-0.2, 0) is 0 Å². The van der Waals surface area contributed by atoms with Crippen molar-refractivity contribution < 1.29 is 4.74 Å². The molecule has 1 aromatic carbocycles. The molecule has 0 atom stereocenters. The van der Waals surface area contributed by atoms with Crippen molar-refractivity contribution in [1.29, 1.82) is 0 Å². The number of nitrogens with zero attached hydrogens (tertiary/aromatic N) is 3. The number of methoxy groups -OCH3 is 1. The summed E-state index contributed by atoms with van der Waals surface area (Å²) in [6.45, 7) is 0. The van der Waals surface area contributed by atoms with Crippen LogP contribution in [0.25, 0.3) is 16.9 Å². The van der Waals surface area contributed by atoms with Crippen LogP contribution in [0.5, 0.6) is 5.88 Å². The minimum absolute atomic E-state index is 0.513. The van der Waals surface area contributed by atoms with Crippen LogP contribution in [0, 0.1) is 0 Å². The van der Waals surface area contributed by atoms with Crippen LogP contribution in [0.3, 0.4) is 0 Å². The molecule has 0 saturated heterocycles. The van der Waals surface area contributed by atoms with Crippen LogP contribution < -0.4 is 10.5 Å². The molecule has 0 aliphatic rings. The molecule has 3 aromatic rings. The molecule has 0 saturated carbocycles. The number of imidazole rings is 1. The molecule has 5 nitrogen and oxygen atoms in total. The van der Waals surface area contributed by atoms with E-state index in [1.165, 1.54) is 0 Å². The Balaban J connectivity index is 2.21. The molecule has 18 heavy (non-hydrogen) atoms. The number of anilines is 1. The third kappa shape index (κ3) is 1.57. The fourth-order valence-electron chi connectivity index (χ4n) is 1.91. The number of aromatic nitrogens is 3. The van der Waals surface area contributed by atoms with Gasteiger partial charge in [-0.05, 0) is 12.1 Å². The van der Waals surface area contributed by atoms with Gasteiger partial charge in [-0.15, -0.1) is 0 Å². The van der Waals surface area contributed by atoms with Gasteiger partial charge in [0.05, 0.1) is 19.0 Å². The zero-order chi connectivity index (χ0) is 12.5. The normalized spacial score (nSPS) is 10.7. The minimum atomic E-state index is 0.513. The van der Waals surface area contributed by atoms with Crippen molar-refractivity contribution in [3.8, 4) is 17.1 Å². The molecule has 2 N–H and O–H groups in total. The molecule has 0 fully saturated rings. The van der Waals surface area contributed by atoms with Crippen LogP contribution in [0.4, 0.5) is 5.69 Å². The molecule has 90 valence electrons. The van der Waals surface area contributed by atoms with Gasteiger partial charge in [0.15, 0.2) is 0 Å². The topological polar surface area (TPSA) is 65.4 Å². The Morgan fingerprint density at radius 1 is 1.17 bits per heavy atom. The van der Waals surface area contributed by atoms with E-state index >= 15 is 0 Å². The van der Waals surface area contributed by atoms with E-state index in [2.05, 4.69) is 9.97 Å². The Morgan fingerprint density at radius 3 is 2.67 bits per heavy atom. The van der Waals surface area contributed by atoms with Crippen molar-refractivity contribution in [2.24, 2.45) is 0 Å². The highest BCUT2D eigenvalue weighted by Crippen LogP contribution is 2.24. The van der Waals surface area contributed by atoms with E-state index in [9.17, 15) is 0 Å². The standard InChI is InChI=1S/C13H12N4O/c1-18-13-12-16-8-11(17(12)7-6-15-13)9-2-4-10(14)5-3-9/h2-8H,14H2,1H3. The summed E-state index contributed by atoms with van der Waals surface area (Å²) in [6, 6.07) is 7.66. The molecule has 0 unspecified atom stereocenters. The molecule has 0 aliphatic heterocycles. The van der Waals surface area contributed by atoms with Gasteiger partial charge in [-0.3, -0.25) is 4.40 Å². The van der Waals surface area contributed by atoms with Crippen molar-refractivity contribution in [3.05, 3.63) is 42.9 Å². The lowest BCUT2D eigenvalue weighted by Crippen LogP contribution is -1.94. The van der Waals surface area contributed by atoms with Crippen LogP contribution in [0.2, 0.25) is 0 Å². The zero-order valence-corrected chi connectivity index (χ0v) is 9.87. The number of hydrogen-bond donors (Lipinski definition) is 1. The molecule has 5 heteroatoms. The van der Waals surface area contributed by atoms with E-state index in [4.69, 9.17) is 10.5 Å². The third-order valence-corrected chi connectivity index (χ3v) is 2.80. The summed E-state index contributed by atoms with van der Waals surface area (Å²) in [5.41, 5.74) is 9.15. The van der Waals surface area contributed by atoms with Gasteiger partial charge in [0.2, 0.25) is 5.65 Å². The maximum absolute atomic E-state index is 5.69. The summed E-state index contributed by atoms with van der Waals surface area (Å²) < 4.78 is 7.12. The van der Waals surface area contributed by atoms with Crippen molar-refractivity contribution in [1.82, 2.24) is 14.4 Å². The monoisotopic (exact) mass is 240 g/mol. The van der Waals surface area contributed by atoms with E-state index < -0.39 is 0 Å². The maximum atomic E-state index is 5.69. The summed E-state index contributed by atoms with van der Waals surface area (Å²) >= 11 is 0. The SMILES string of the molecule is COc1nccn2c(-c3ccc(N)cc3)cnc12. The molecule has 3 rings (SSSR count). The highest BCUT2D eigenvalue weighted by molar-refractivity contribution is 5.67. The first-order valence-corrected chi connectivity index (χ1v) is 5.51. The Bertz CT molecular complexity index is 688. The molecule has 0 radical (unpaired) electrons. The van der Waals surface area contributed by atoms with E-state index in [0.29, 0.717) is 11.5 Å². The maximum Gasteiger partial charge on any atom is 0.258 e. The van der Waals surface area contributed by atoms with Gasteiger partial charge in [0.1, 0.15) is 0 Å². The Hall–Kier alpha value is -2.56. The quantitative estimate of drug-likeness (QED) is 0.696.